The molecule has 1 atom stereocenters. The summed E-state index contributed by atoms with van der Waals surface area (Å²) in [5.41, 5.74) is 0.332. The van der Waals surface area contributed by atoms with Crippen LogP contribution in [0.15, 0.2) is 0 Å². The highest BCUT2D eigenvalue weighted by molar-refractivity contribution is 4.98. The summed E-state index contributed by atoms with van der Waals surface area (Å²) < 4.78 is 0. The molecular formula is C17H35N3O. The Morgan fingerprint density at radius 1 is 1.24 bits per heavy atom. The molecule has 0 radical (unpaired) electrons. The molecule has 0 aliphatic heterocycles. The van der Waals surface area contributed by atoms with E-state index < -0.39 is 0 Å². The fraction of sp³-hybridized carbons (Fsp3) is 1.00. The highest BCUT2D eigenvalue weighted by Crippen LogP contribution is 2.36. The van der Waals surface area contributed by atoms with Crippen LogP contribution in [0.5, 0.6) is 0 Å². The predicted octanol–water partition coefficient (Wildman–Crippen LogP) is 1.69. The molecule has 0 spiro atoms. The molecule has 4 nitrogen and oxygen atoms in total. The van der Waals surface area contributed by atoms with Gasteiger partial charge >= 0.3 is 0 Å². The van der Waals surface area contributed by atoms with E-state index in [1.165, 1.54) is 38.6 Å². The average Bonchev–Trinajstić information content (AvgIpc) is 3.17. The summed E-state index contributed by atoms with van der Waals surface area (Å²) in [5.74, 6) is 0. The minimum Gasteiger partial charge on any atom is -0.394 e. The summed E-state index contributed by atoms with van der Waals surface area (Å²) in [6.07, 6.45) is 8.81. The number of hydrogen-bond donors (Lipinski definition) is 2. The Labute approximate surface area is 130 Å². The summed E-state index contributed by atoms with van der Waals surface area (Å²) in [7, 11) is 6.68. The van der Waals surface area contributed by atoms with Gasteiger partial charge in [-0.25, -0.2) is 0 Å². The fourth-order valence-corrected chi connectivity index (χ4v) is 3.57. The van der Waals surface area contributed by atoms with Crippen molar-refractivity contribution in [2.75, 3.05) is 40.8 Å². The van der Waals surface area contributed by atoms with E-state index in [1.54, 1.807) is 0 Å². The molecular weight excluding hydrogens is 262 g/mol. The minimum absolute atomic E-state index is 0.0856. The normalized spacial score (nSPS) is 24.1. The van der Waals surface area contributed by atoms with Crippen LogP contribution in [-0.4, -0.2) is 72.9 Å². The van der Waals surface area contributed by atoms with E-state index >= 15 is 0 Å². The van der Waals surface area contributed by atoms with Crippen LogP contribution in [0.1, 0.15) is 51.9 Å². The molecule has 0 aromatic heterocycles. The summed E-state index contributed by atoms with van der Waals surface area (Å²) in [6, 6.07) is 0.659. The summed E-state index contributed by atoms with van der Waals surface area (Å²) in [4.78, 5) is 4.90. The van der Waals surface area contributed by atoms with Crippen LogP contribution >= 0.6 is 0 Å². The molecule has 0 bridgehead atoms. The number of aliphatic hydroxyl groups is 1. The van der Waals surface area contributed by atoms with Crippen molar-refractivity contribution in [3.8, 4) is 0 Å². The second-order valence-electron chi connectivity index (χ2n) is 7.95. The average molecular weight is 297 g/mol. The van der Waals surface area contributed by atoms with Crippen molar-refractivity contribution in [3.63, 3.8) is 0 Å². The van der Waals surface area contributed by atoms with Gasteiger partial charge in [0.05, 0.1) is 6.61 Å². The lowest BCUT2D eigenvalue weighted by Gasteiger charge is -2.49. The van der Waals surface area contributed by atoms with E-state index in [9.17, 15) is 5.11 Å². The molecule has 0 aromatic rings. The zero-order chi connectivity index (χ0) is 15.5. The molecule has 124 valence electrons. The molecule has 2 N–H and O–H groups in total. The zero-order valence-electron chi connectivity index (χ0n) is 14.5. The smallest absolute Gasteiger partial charge is 0.0610 e. The van der Waals surface area contributed by atoms with Gasteiger partial charge in [0.25, 0.3) is 0 Å². The van der Waals surface area contributed by atoms with E-state index in [0.29, 0.717) is 11.6 Å². The Kier molecular flexibility index (Phi) is 5.69. The van der Waals surface area contributed by atoms with Gasteiger partial charge in [0.15, 0.2) is 0 Å². The lowest BCUT2D eigenvalue weighted by atomic mass is 9.75. The summed E-state index contributed by atoms with van der Waals surface area (Å²) in [5, 5.41) is 13.3. The maximum atomic E-state index is 9.65. The summed E-state index contributed by atoms with van der Waals surface area (Å²) in [6.45, 7) is 4.71. The van der Waals surface area contributed by atoms with E-state index in [1.807, 2.05) is 0 Å². The maximum Gasteiger partial charge on any atom is 0.0610 e. The van der Waals surface area contributed by atoms with Crippen molar-refractivity contribution < 1.29 is 5.11 Å². The molecule has 0 saturated heterocycles. The second kappa shape index (κ2) is 6.95. The van der Waals surface area contributed by atoms with Crippen LogP contribution in [0.25, 0.3) is 0 Å². The Balaban J connectivity index is 1.69. The Morgan fingerprint density at radius 3 is 2.33 bits per heavy atom. The highest BCUT2D eigenvalue weighted by Gasteiger charge is 2.39. The van der Waals surface area contributed by atoms with Crippen molar-refractivity contribution in [2.24, 2.45) is 0 Å². The van der Waals surface area contributed by atoms with Gasteiger partial charge in [-0.3, -0.25) is 0 Å². The molecule has 4 heteroatoms. The Morgan fingerprint density at radius 2 is 1.90 bits per heavy atom. The van der Waals surface area contributed by atoms with Crippen LogP contribution in [0, 0.1) is 0 Å². The third-order valence-corrected chi connectivity index (χ3v) is 5.54. The molecule has 2 fully saturated rings. The third kappa shape index (κ3) is 4.65. The van der Waals surface area contributed by atoms with Gasteiger partial charge in [-0.05, 0) is 79.6 Å². The fourth-order valence-electron chi connectivity index (χ4n) is 3.57. The number of nitrogens with one attached hydrogen (secondary N) is 1. The van der Waals surface area contributed by atoms with E-state index in [4.69, 9.17) is 0 Å². The minimum atomic E-state index is -0.0856. The van der Waals surface area contributed by atoms with E-state index in [-0.39, 0.29) is 12.1 Å². The van der Waals surface area contributed by atoms with E-state index in [2.05, 4.69) is 43.2 Å². The van der Waals surface area contributed by atoms with Crippen LogP contribution < -0.4 is 5.32 Å². The van der Waals surface area contributed by atoms with Crippen molar-refractivity contribution in [3.05, 3.63) is 0 Å². The lowest BCUT2D eigenvalue weighted by Crippen LogP contribution is -2.56. The quantitative estimate of drug-likeness (QED) is 0.643. The van der Waals surface area contributed by atoms with Crippen LogP contribution in [0.3, 0.4) is 0 Å². The topological polar surface area (TPSA) is 38.7 Å². The Bertz CT molecular complexity index is 326. The first-order valence-electron chi connectivity index (χ1n) is 8.64. The molecule has 21 heavy (non-hydrogen) atoms. The summed E-state index contributed by atoms with van der Waals surface area (Å²) >= 11 is 0. The van der Waals surface area contributed by atoms with Crippen molar-refractivity contribution in [1.82, 2.24) is 15.1 Å². The first-order valence-corrected chi connectivity index (χ1v) is 8.64. The largest absolute Gasteiger partial charge is 0.394 e. The predicted molar refractivity (Wildman–Crippen MR) is 88.6 cm³/mol. The first-order chi connectivity index (χ1) is 9.89. The molecule has 0 amide bonds. The second-order valence-corrected chi connectivity index (χ2v) is 7.95. The molecule has 1 unspecified atom stereocenters. The highest BCUT2D eigenvalue weighted by atomic mass is 16.3. The van der Waals surface area contributed by atoms with Gasteiger partial charge in [0.2, 0.25) is 0 Å². The van der Waals surface area contributed by atoms with Gasteiger partial charge < -0.3 is 20.2 Å². The maximum absolute atomic E-state index is 9.65. The first kappa shape index (κ1) is 17.2. The number of rotatable bonds is 10. The van der Waals surface area contributed by atoms with E-state index in [0.717, 1.165) is 19.4 Å². The lowest BCUT2D eigenvalue weighted by molar-refractivity contribution is 0.0267. The van der Waals surface area contributed by atoms with Gasteiger partial charge in [-0.1, -0.05) is 0 Å². The van der Waals surface area contributed by atoms with Crippen LogP contribution in [-0.2, 0) is 0 Å². The third-order valence-electron chi connectivity index (χ3n) is 5.54. The van der Waals surface area contributed by atoms with Crippen LogP contribution in [0.4, 0.5) is 0 Å². The molecule has 0 heterocycles. The van der Waals surface area contributed by atoms with Gasteiger partial charge in [0.1, 0.15) is 0 Å². The monoisotopic (exact) mass is 297 g/mol. The molecule has 2 aliphatic carbocycles. The number of aliphatic hydroxyl groups excluding tert-OH is 1. The number of hydrogen-bond acceptors (Lipinski definition) is 4. The number of nitrogens with zero attached hydrogens (tertiary/aromatic N) is 2. The van der Waals surface area contributed by atoms with Crippen molar-refractivity contribution in [2.45, 2.75) is 69.0 Å². The molecule has 2 aliphatic rings. The molecule has 2 saturated carbocycles. The van der Waals surface area contributed by atoms with Gasteiger partial charge in [0, 0.05) is 23.7 Å². The van der Waals surface area contributed by atoms with Crippen molar-refractivity contribution >= 4 is 0 Å². The Hall–Kier alpha value is -0.160. The SMILES string of the molecule is CN(CCCC(C)(CO)NC1CC1)CC1(N(C)C)CCC1. The zero-order valence-corrected chi connectivity index (χ0v) is 14.5. The molecule has 0 aromatic carbocycles. The van der Waals surface area contributed by atoms with Gasteiger partial charge in [-0.15, -0.1) is 0 Å². The van der Waals surface area contributed by atoms with Crippen LogP contribution in [0.2, 0.25) is 0 Å². The molecule has 2 rings (SSSR count). The van der Waals surface area contributed by atoms with Crippen molar-refractivity contribution in [1.29, 1.82) is 0 Å². The standard InChI is InChI=1S/C17H35N3O/c1-16(14-21,18-15-7-8-15)9-6-12-20(4)13-17(19(2)3)10-5-11-17/h15,18,21H,5-14H2,1-4H3. The van der Waals surface area contributed by atoms with Gasteiger partial charge in [-0.2, -0.15) is 0 Å². The number of likely N-dealkylation sites (N-methyl/N-ethyl adjacent to an activating group) is 2.